The molecule has 0 aromatic rings. The van der Waals surface area contributed by atoms with Gasteiger partial charge in [0.2, 0.25) is 11.8 Å². The Morgan fingerprint density at radius 3 is 2.12 bits per heavy atom. The standard InChI is InChI=1S/C8H12Cl2N2O4/c9-3-6(13)11-2-1-5(8(15)16)12-7(14)4-10/h5H,1-4H2,(H,11,13)(H,12,14)(H,15,16)/t5-/m0/s1. The molecule has 0 saturated carbocycles. The number of carboxylic acids is 1. The average molecular weight is 271 g/mol. The minimum atomic E-state index is -1.18. The fraction of sp³-hybridized carbons (Fsp3) is 0.625. The molecule has 0 spiro atoms. The third kappa shape index (κ3) is 6.47. The van der Waals surface area contributed by atoms with E-state index in [0.29, 0.717) is 0 Å². The van der Waals surface area contributed by atoms with Gasteiger partial charge in [0, 0.05) is 6.54 Å². The van der Waals surface area contributed by atoms with Crippen LogP contribution in [0.15, 0.2) is 0 Å². The summed E-state index contributed by atoms with van der Waals surface area (Å²) in [5.74, 6) is -2.64. The number of carbonyl (C=O) groups is 3. The molecule has 0 aliphatic heterocycles. The van der Waals surface area contributed by atoms with Crippen molar-refractivity contribution in [2.24, 2.45) is 0 Å². The Balaban J connectivity index is 4.00. The summed E-state index contributed by atoms with van der Waals surface area (Å²) in [5.41, 5.74) is 0. The molecule has 0 aliphatic rings. The highest BCUT2D eigenvalue weighted by atomic mass is 35.5. The van der Waals surface area contributed by atoms with Gasteiger partial charge in [-0.25, -0.2) is 4.79 Å². The van der Waals surface area contributed by atoms with Crippen molar-refractivity contribution in [3.8, 4) is 0 Å². The summed E-state index contributed by atoms with van der Waals surface area (Å²) >= 11 is 10.4. The first-order valence-corrected chi connectivity index (χ1v) is 5.49. The summed E-state index contributed by atoms with van der Waals surface area (Å²) in [5, 5.41) is 13.3. The van der Waals surface area contributed by atoms with E-state index < -0.39 is 23.8 Å². The number of amides is 2. The molecule has 0 rings (SSSR count). The van der Waals surface area contributed by atoms with E-state index in [9.17, 15) is 14.4 Å². The highest BCUT2D eigenvalue weighted by Gasteiger charge is 2.19. The molecule has 0 saturated heterocycles. The largest absolute Gasteiger partial charge is 0.480 e. The molecule has 2 amide bonds. The van der Waals surface area contributed by atoms with Crippen LogP contribution in [0.25, 0.3) is 0 Å². The second-order valence-electron chi connectivity index (χ2n) is 2.86. The average Bonchev–Trinajstić information content (AvgIpc) is 2.26. The second kappa shape index (κ2) is 8.18. The van der Waals surface area contributed by atoms with E-state index in [1.165, 1.54) is 0 Å². The number of hydrogen-bond acceptors (Lipinski definition) is 3. The highest BCUT2D eigenvalue weighted by molar-refractivity contribution is 6.27. The van der Waals surface area contributed by atoms with Crippen LogP contribution in [0.3, 0.4) is 0 Å². The number of carboxylic acid groups (broad SMARTS) is 1. The number of nitrogens with one attached hydrogen (secondary N) is 2. The normalized spacial score (nSPS) is 11.6. The first-order valence-electron chi connectivity index (χ1n) is 4.42. The van der Waals surface area contributed by atoms with E-state index in [4.69, 9.17) is 28.3 Å². The molecule has 0 aliphatic carbocycles. The molecule has 0 bridgehead atoms. The Morgan fingerprint density at radius 2 is 1.69 bits per heavy atom. The molecule has 0 unspecified atom stereocenters. The molecule has 8 heteroatoms. The number of halogens is 2. The fourth-order valence-electron chi connectivity index (χ4n) is 0.893. The number of alkyl halides is 2. The molecular formula is C8H12Cl2N2O4. The zero-order valence-corrected chi connectivity index (χ0v) is 9.85. The fourth-order valence-corrected chi connectivity index (χ4v) is 1.07. The van der Waals surface area contributed by atoms with E-state index in [0.717, 1.165) is 0 Å². The molecule has 0 aromatic heterocycles. The topological polar surface area (TPSA) is 95.5 Å². The van der Waals surface area contributed by atoms with E-state index >= 15 is 0 Å². The Bertz CT molecular complexity index is 273. The lowest BCUT2D eigenvalue weighted by Gasteiger charge is -2.13. The minimum absolute atomic E-state index is 0.0700. The summed E-state index contributed by atoms with van der Waals surface area (Å²) < 4.78 is 0. The molecule has 0 fully saturated rings. The van der Waals surface area contributed by atoms with Crippen molar-refractivity contribution in [3.05, 3.63) is 0 Å². The third-order valence-corrected chi connectivity index (χ3v) is 2.12. The smallest absolute Gasteiger partial charge is 0.326 e. The van der Waals surface area contributed by atoms with Crippen LogP contribution in [0.2, 0.25) is 0 Å². The van der Waals surface area contributed by atoms with Crippen LogP contribution < -0.4 is 10.6 Å². The predicted molar refractivity (Wildman–Crippen MR) is 58.6 cm³/mol. The van der Waals surface area contributed by atoms with Crippen LogP contribution in [0.5, 0.6) is 0 Å². The zero-order valence-electron chi connectivity index (χ0n) is 8.33. The van der Waals surface area contributed by atoms with Gasteiger partial charge < -0.3 is 15.7 Å². The molecule has 0 heterocycles. The summed E-state index contributed by atoms with van der Waals surface area (Å²) in [6.07, 6.45) is 0.0700. The van der Waals surface area contributed by atoms with Crippen LogP contribution in [0.1, 0.15) is 6.42 Å². The van der Waals surface area contributed by atoms with Crippen LogP contribution >= 0.6 is 23.2 Å². The van der Waals surface area contributed by atoms with Gasteiger partial charge in [-0.3, -0.25) is 9.59 Å². The lowest BCUT2D eigenvalue weighted by atomic mass is 10.2. The molecule has 0 aromatic carbocycles. The van der Waals surface area contributed by atoms with Crippen molar-refractivity contribution in [2.45, 2.75) is 12.5 Å². The van der Waals surface area contributed by atoms with E-state index in [2.05, 4.69) is 10.6 Å². The van der Waals surface area contributed by atoms with Gasteiger partial charge in [-0.15, -0.1) is 23.2 Å². The van der Waals surface area contributed by atoms with Crippen LogP contribution in [-0.2, 0) is 14.4 Å². The maximum atomic E-state index is 10.9. The Labute approximate surface area is 102 Å². The third-order valence-electron chi connectivity index (χ3n) is 1.63. The number of aliphatic carboxylic acids is 1. The molecular weight excluding hydrogens is 259 g/mol. The molecule has 0 radical (unpaired) electrons. The van der Waals surface area contributed by atoms with Gasteiger partial charge in [0.15, 0.2) is 0 Å². The lowest BCUT2D eigenvalue weighted by molar-refractivity contribution is -0.141. The van der Waals surface area contributed by atoms with Gasteiger partial charge in [0.05, 0.1) is 0 Å². The van der Waals surface area contributed by atoms with Gasteiger partial charge >= 0.3 is 5.97 Å². The van der Waals surface area contributed by atoms with Crippen molar-refractivity contribution < 1.29 is 19.5 Å². The quantitative estimate of drug-likeness (QED) is 0.546. The minimum Gasteiger partial charge on any atom is -0.480 e. The van der Waals surface area contributed by atoms with E-state index in [1.54, 1.807) is 0 Å². The van der Waals surface area contributed by atoms with Gasteiger partial charge in [0.25, 0.3) is 0 Å². The summed E-state index contributed by atoms with van der Waals surface area (Å²) in [6, 6.07) is -1.07. The molecule has 1 atom stereocenters. The van der Waals surface area contributed by atoms with Gasteiger partial charge in [0.1, 0.15) is 17.8 Å². The molecule has 6 nitrogen and oxygen atoms in total. The van der Waals surface area contributed by atoms with Crippen LogP contribution in [0.4, 0.5) is 0 Å². The molecule has 3 N–H and O–H groups in total. The van der Waals surface area contributed by atoms with Crippen molar-refractivity contribution >= 4 is 41.0 Å². The Kier molecular flexibility index (Phi) is 7.66. The van der Waals surface area contributed by atoms with E-state index in [-0.39, 0.29) is 24.7 Å². The monoisotopic (exact) mass is 270 g/mol. The van der Waals surface area contributed by atoms with Gasteiger partial charge in [-0.2, -0.15) is 0 Å². The second-order valence-corrected chi connectivity index (χ2v) is 3.40. The number of carbonyl (C=O) groups excluding carboxylic acids is 2. The van der Waals surface area contributed by atoms with Crippen molar-refractivity contribution in [2.75, 3.05) is 18.3 Å². The van der Waals surface area contributed by atoms with Gasteiger partial charge in [-0.1, -0.05) is 0 Å². The molecule has 16 heavy (non-hydrogen) atoms. The Hall–Kier alpha value is -1.01. The van der Waals surface area contributed by atoms with Crippen LogP contribution in [0, 0.1) is 0 Å². The maximum Gasteiger partial charge on any atom is 0.326 e. The van der Waals surface area contributed by atoms with Crippen molar-refractivity contribution in [1.29, 1.82) is 0 Å². The number of hydrogen-bond donors (Lipinski definition) is 3. The maximum absolute atomic E-state index is 10.9. The van der Waals surface area contributed by atoms with E-state index in [1.807, 2.05) is 0 Å². The lowest BCUT2D eigenvalue weighted by Crippen LogP contribution is -2.43. The van der Waals surface area contributed by atoms with Crippen molar-refractivity contribution in [3.63, 3.8) is 0 Å². The summed E-state index contributed by atoms with van der Waals surface area (Å²) in [4.78, 5) is 32.3. The predicted octanol–water partition coefficient (Wildman–Crippen LogP) is -0.460. The summed E-state index contributed by atoms with van der Waals surface area (Å²) in [7, 11) is 0. The first-order chi connectivity index (χ1) is 7.51. The zero-order chi connectivity index (χ0) is 12.6. The highest BCUT2D eigenvalue weighted by Crippen LogP contribution is 1.92. The Morgan fingerprint density at radius 1 is 1.12 bits per heavy atom. The van der Waals surface area contributed by atoms with Crippen LogP contribution in [-0.4, -0.2) is 47.2 Å². The van der Waals surface area contributed by atoms with Crippen molar-refractivity contribution in [1.82, 2.24) is 10.6 Å². The van der Waals surface area contributed by atoms with Gasteiger partial charge in [-0.05, 0) is 6.42 Å². The number of rotatable bonds is 7. The summed E-state index contributed by atoms with van der Waals surface area (Å²) in [6.45, 7) is 0.116. The first kappa shape index (κ1) is 15.0. The molecule has 92 valence electrons. The SMILES string of the molecule is O=C(CCl)NCC[C@H](NC(=O)CCl)C(=O)O.